The summed E-state index contributed by atoms with van der Waals surface area (Å²) in [7, 11) is 1.36. The number of aliphatic hydroxyl groups excluding tert-OH is 1. The van der Waals surface area contributed by atoms with E-state index in [1.807, 2.05) is 0 Å². The van der Waals surface area contributed by atoms with Gasteiger partial charge in [0.25, 0.3) is 0 Å². The third kappa shape index (κ3) is 2.77. The second kappa shape index (κ2) is 5.67. The zero-order valence-electron chi connectivity index (χ0n) is 10.0. The predicted molar refractivity (Wildman–Crippen MR) is 71.1 cm³/mol. The Morgan fingerprint density at radius 2 is 1.89 bits per heavy atom. The van der Waals surface area contributed by atoms with Crippen molar-refractivity contribution in [2.45, 2.75) is 6.10 Å². The molecule has 19 heavy (non-hydrogen) atoms. The van der Waals surface area contributed by atoms with Crippen molar-refractivity contribution >= 4 is 15.9 Å². The van der Waals surface area contributed by atoms with E-state index in [0.29, 0.717) is 4.47 Å². The van der Waals surface area contributed by atoms with Crippen LogP contribution in [0.25, 0.3) is 0 Å². The van der Waals surface area contributed by atoms with Crippen molar-refractivity contribution in [3.8, 4) is 5.75 Å². The smallest absolute Gasteiger partial charge is 0.133 e. The molecule has 2 aromatic rings. The molecule has 2 rings (SSSR count). The molecular weight excluding hydrogens is 318 g/mol. The molecule has 1 unspecified atom stereocenters. The molecule has 5 heteroatoms. The summed E-state index contributed by atoms with van der Waals surface area (Å²) in [6.07, 6.45) is -1.44. The first-order valence-corrected chi connectivity index (χ1v) is 6.29. The van der Waals surface area contributed by atoms with Gasteiger partial charge in [-0.2, -0.15) is 0 Å². The number of benzene rings is 2. The minimum absolute atomic E-state index is 0.0159. The van der Waals surface area contributed by atoms with E-state index in [1.165, 1.54) is 43.5 Å². The molecule has 0 radical (unpaired) electrons. The van der Waals surface area contributed by atoms with Crippen LogP contribution in [-0.2, 0) is 0 Å². The topological polar surface area (TPSA) is 29.5 Å². The van der Waals surface area contributed by atoms with Crippen LogP contribution in [0.5, 0.6) is 5.75 Å². The number of aliphatic hydroxyl groups is 1. The lowest BCUT2D eigenvalue weighted by molar-refractivity contribution is 0.204. The molecule has 0 amide bonds. The van der Waals surface area contributed by atoms with Crippen molar-refractivity contribution in [1.82, 2.24) is 0 Å². The first-order chi connectivity index (χ1) is 9.04. The molecule has 0 fully saturated rings. The van der Waals surface area contributed by atoms with Crippen LogP contribution in [0, 0.1) is 11.6 Å². The van der Waals surface area contributed by atoms with Gasteiger partial charge in [-0.3, -0.25) is 0 Å². The standard InChI is InChI=1S/C14H11BrF2O2/c1-19-12-4-2-3-11(17)13(12)14(18)9-7-8(15)5-6-10(9)16/h2-7,14,18H,1H3. The van der Waals surface area contributed by atoms with Crippen LogP contribution in [0.15, 0.2) is 40.9 Å². The van der Waals surface area contributed by atoms with E-state index in [9.17, 15) is 13.9 Å². The van der Waals surface area contributed by atoms with E-state index in [-0.39, 0.29) is 16.9 Å². The van der Waals surface area contributed by atoms with Gasteiger partial charge in [0, 0.05) is 10.0 Å². The monoisotopic (exact) mass is 328 g/mol. The maximum absolute atomic E-state index is 13.8. The van der Waals surface area contributed by atoms with Crippen molar-refractivity contribution < 1.29 is 18.6 Å². The molecule has 0 saturated heterocycles. The minimum Gasteiger partial charge on any atom is -0.496 e. The highest BCUT2D eigenvalue weighted by Gasteiger charge is 2.22. The number of hydrogen-bond donors (Lipinski definition) is 1. The Hall–Kier alpha value is -1.46. The van der Waals surface area contributed by atoms with E-state index in [4.69, 9.17) is 4.74 Å². The Balaban J connectivity index is 2.55. The van der Waals surface area contributed by atoms with Gasteiger partial charge in [0.05, 0.1) is 12.7 Å². The van der Waals surface area contributed by atoms with Crippen LogP contribution in [0.2, 0.25) is 0 Å². The second-order valence-corrected chi connectivity index (χ2v) is 4.84. The summed E-state index contributed by atoms with van der Waals surface area (Å²) in [6, 6.07) is 8.28. The number of methoxy groups -OCH3 is 1. The van der Waals surface area contributed by atoms with Gasteiger partial charge in [-0.05, 0) is 30.3 Å². The molecule has 0 aliphatic rings. The normalized spacial score (nSPS) is 12.3. The van der Waals surface area contributed by atoms with Crippen LogP contribution < -0.4 is 4.74 Å². The van der Waals surface area contributed by atoms with Crippen LogP contribution in [-0.4, -0.2) is 12.2 Å². The molecule has 100 valence electrons. The van der Waals surface area contributed by atoms with Gasteiger partial charge in [0.15, 0.2) is 0 Å². The Kier molecular flexibility index (Phi) is 4.17. The predicted octanol–water partition coefficient (Wildman–Crippen LogP) is 3.82. The van der Waals surface area contributed by atoms with Crippen LogP contribution >= 0.6 is 15.9 Å². The van der Waals surface area contributed by atoms with E-state index in [0.717, 1.165) is 0 Å². The van der Waals surface area contributed by atoms with Gasteiger partial charge >= 0.3 is 0 Å². The highest BCUT2D eigenvalue weighted by Crippen LogP contribution is 2.34. The average Bonchev–Trinajstić information content (AvgIpc) is 2.40. The van der Waals surface area contributed by atoms with Crippen molar-refractivity contribution in [2.75, 3.05) is 7.11 Å². The van der Waals surface area contributed by atoms with Gasteiger partial charge in [-0.25, -0.2) is 8.78 Å². The summed E-state index contributed by atoms with van der Waals surface area (Å²) in [6.45, 7) is 0. The van der Waals surface area contributed by atoms with Crippen LogP contribution in [0.3, 0.4) is 0 Å². The number of ether oxygens (including phenoxy) is 1. The Labute approximate surface area is 117 Å². The summed E-state index contributed by atoms with van der Waals surface area (Å²) in [5, 5.41) is 10.2. The fourth-order valence-electron chi connectivity index (χ4n) is 1.84. The average molecular weight is 329 g/mol. The Morgan fingerprint density at radius 3 is 2.58 bits per heavy atom. The van der Waals surface area contributed by atoms with Gasteiger partial charge < -0.3 is 9.84 Å². The Morgan fingerprint density at radius 1 is 1.16 bits per heavy atom. The Bertz CT molecular complexity index is 602. The first-order valence-electron chi connectivity index (χ1n) is 5.50. The molecule has 1 atom stereocenters. The number of hydrogen-bond acceptors (Lipinski definition) is 2. The van der Waals surface area contributed by atoms with Crippen LogP contribution in [0.1, 0.15) is 17.2 Å². The second-order valence-electron chi connectivity index (χ2n) is 3.92. The largest absolute Gasteiger partial charge is 0.496 e. The molecule has 0 aliphatic heterocycles. The van der Waals surface area contributed by atoms with Gasteiger partial charge in [0.1, 0.15) is 23.5 Å². The highest BCUT2D eigenvalue weighted by atomic mass is 79.9. The lowest BCUT2D eigenvalue weighted by Gasteiger charge is -2.16. The fourth-order valence-corrected chi connectivity index (χ4v) is 2.22. The molecule has 0 aromatic heterocycles. The number of rotatable bonds is 3. The fraction of sp³-hybridized carbons (Fsp3) is 0.143. The summed E-state index contributed by atoms with van der Waals surface area (Å²) in [5.74, 6) is -1.08. The maximum Gasteiger partial charge on any atom is 0.133 e. The zero-order chi connectivity index (χ0) is 14.0. The molecular formula is C14H11BrF2O2. The molecule has 0 heterocycles. The molecule has 1 N–H and O–H groups in total. The van der Waals surface area contributed by atoms with Crippen molar-refractivity contribution in [3.05, 3.63) is 63.6 Å². The first kappa shape index (κ1) is 14.0. The summed E-state index contributed by atoms with van der Waals surface area (Å²) < 4.78 is 33.2. The van der Waals surface area contributed by atoms with Crippen molar-refractivity contribution in [1.29, 1.82) is 0 Å². The molecule has 0 spiro atoms. The SMILES string of the molecule is COc1cccc(F)c1C(O)c1cc(Br)ccc1F. The van der Waals surface area contributed by atoms with Crippen molar-refractivity contribution in [2.24, 2.45) is 0 Å². The lowest BCUT2D eigenvalue weighted by Crippen LogP contribution is -2.07. The lowest BCUT2D eigenvalue weighted by atomic mass is 9.99. The highest BCUT2D eigenvalue weighted by molar-refractivity contribution is 9.10. The molecule has 0 saturated carbocycles. The quantitative estimate of drug-likeness (QED) is 0.928. The minimum atomic E-state index is -1.44. The van der Waals surface area contributed by atoms with E-state index >= 15 is 0 Å². The van der Waals surface area contributed by atoms with E-state index < -0.39 is 17.7 Å². The van der Waals surface area contributed by atoms with Gasteiger partial charge in [-0.15, -0.1) is 0 Å². The zero-order valence-corrected chi connectivity index (χ0v) is 11.6. The van der Waals surface area contributed by atoms with Gasteiger partial charge in [-0.1, -0.05) is 22.0 Å². The number of halogens is 3. The summed E-state index contributed by atoms with van der Waals surface area (Å²) in [5.41, 5.74) is -0.0974. The van der Waals surface area contributed by atoms with Gasteiger partial charge in [0.2, 0.25) is 0 Å². The van der Waals surface area contributed by atoms with Crippen molar-refractivity contribution in [3.63, 3.8) is 0 Å². The third-order valence-corrected chi connectivity index (χ3v) is 3.25. The molecule has 2 aromatic carbocycles. The molecule has 0 aliphatic carbocycles. The summed E-state index contributed by atoms with van der Waals surface area (Å²) >= 11 is 3.19. The maximum atomic E-state index is 13.8. The van der Waals surface area contributed by atoms with E-state index in [2.05, 4.69) is 15.9 Å². The van der Waals surface area contributed by atoms with E-state index in [1.54, 1.807) is 0 Å². The van der Waals surface area contributed by atoms with Crippen LogP contribution in [0.4, 0.5) is 8.78 Å². The molecule has 2 nitrogen and oxygen atoms in total. The third-order valence-electron chi connectivity index (χ3n) is 2.76. The molecule has 0 bridgehead atoms. The summed E-state index contributed by atoms with van der Waals surface area (Å²) in [4.78, 5) is 0.